The number of hydrogen-bond acceptors (Lipinski definition) is 3. The molecule has 0 amide bonds. The maximum Gasteiger partial charge on any atom is 0.160 e. The van der Waals surface area contributed by atoms with Crippen LogP contribution in [0, 0.1) is 5.92 Å². The smallest absolute Gasteiger partial charge is 0.160 e. The number of ether oxygens (including phenoxy) is 1. The van der Waals surface area contributed by atoms with Gasteiger partial charge in [-0.2, -0.15) is 0 Å². The van der Waals surface area contributed by atoms with Crippen LogP contribution >= 0.6 is 0 Å². The van der Waals surface area contributed by atoms with Gasteiger partial charge in [0.05, 0.1) is 13.2 Å². The lowest BCUT2D eigenvalue weighted by Gasteiger charge is -2.47. The van der Waals surface area contributed by atoms with E-state index in [0.29, 0.717) is 17.7 Å². The monoisotopic (exact) mass is 350 g/mol. The van der Waals surface area contributed by atoms with Crippen LogP contribution in [0.3, 0.4) is 0 Å². The average Bonchev–Trinajstić information content (AvgIpc) is 3.05. The fraction of sp³-hybridized carbons (Fsp3) is 0.500. The summed E-state index contributed by atoms with van der Waals surface area (Å²) in [5, 5.41) is 1.30. The molecule has 1 aromatic carbocycles. The molecule has 2 atom stereocenters. The molecule has 136 valence electrons. The zero-order valence-electron chi connectivity index (χ0n) is 15.6. The highest BCUT2D eigenvalue weighted by atomic mass is 16.5. The number of carbonyl (C=O) groups excluding carboxylic acids is 1. The lowest BCUT2D eigenvalue weighted by Crippen LogP contribution is -2.42. The molecule has 4 heteroatoms. The predicted octanol–water partition coefficient (Wildman–Crippen LogP) is 4.51. The van der Waals surface area contributed by atoms with Gasteiger partial charge in [-0.1, -0.05) is 6.92 Å². The molecule has 0 spiro atoms. The van der Waals surface area contributed by atoms with Crippen LogP contribution in [-0.4, -0.2) is 29.3 Å². The summed E-state index contributed by atoms with van der Waals surface area (Å²) in [4.78, 5) is 18.9. The van der Waals surface area contributed by atoms with Gasteiger partial charge in [0.15, 0.2) is 5.78 Å². The quantitative estimate of drug-likeness (QED) is 0.866. The Morgan fingerprint density at radius 2 is 2.15 bits per heavy atom. The van der Waals surface area contributed by atoms with Gasteiger partial charge in [0.2, 0.25) is 0 Å². The Bertz CT molecular complexity index is 924. The number of aromatic amines is 1. The van der Waals surface area contributed by atoms with Crippen molar-refractivity contribution in [1.82, 2.24) is 9.88 Å². The van der Waals surface area contributed by atoms with Crippen molar-refractivity contribution in [2.75, 3.05) is 13.7 Å². The maximum absolute atomic E-state index is 12.6. The van der Waals surface area contributed by atoms with Crippen molar-refractivity contribution in [3.63, 3.8) is 0 Å². The molecule has 1 N–H and O–H groups in total. The number of methoxy groups -OCH3 is 1. The largest absolute Gasteiger partial charge is 0.497 e. The Balaban J connectivity index is 1.64. The van der Waals surface area contributed by atoms with Gasteiger partial charge in [0.1, 0.15) is 5.75 Å². The van der Waals surface area contributed by atoms with Crippen molar-refractivity contribution < 1.29 is 9.53 Å². The number of ketones is 1. The van der Waals surface area contributed by atoms with E-state index in [1.165, 1.54) is 27.9 Å². The first-order valence-corrected chi connectivity index (χ1v) is 9.92. The Kier molecular flexibility index (Phi) is 3.63. The second kappa shape index (κ2) is 5.90. The van der Waals surface area contributed by atoms with Crippen LogP contribution in [0.25, 0.3) is 10.9 Å². The van der Waals surface area contributed by atoms with E-state index < -0.39 is 0 Å². The lowest BCUT2D eigenvalue weighted by atomic mass is 9.75. The summed E-state index contributed by atoms with van der Waals surface area (Å²) in [7, 11) is 1.73. The van der Waals surface area contributed by atoms with Gasteiger partial charge >= 0.3 is 0 Å². The molecule has 0 saturated carbocycles. The van der Waals surface area contributed by atoms with E-state index in [1.54, 1.807) is 7.11 Å². The molecule has 2 aromatic rings. The summed E-state index contributed by atoms with van der Waals surface area (Å²) < 4.78 is 5.44. The van der Waals surface area contributed by atoms with Crippen LogP contribution in [0.4, 0.5) is 0 Å². The number of allylic oxidation sites excluding steroid dienone is 2. The number of Topliss-reactive ketones (excluding diaryl/α,β-unsaturated/α-hetero) is 1. The molecule has 1 aliphatic carbocycles. The SMILES string of the molecule is CC[C@@H]1C[C@H]2c3[nH]c4ccc(OC)cc4c3CCN2C2=C1C(=O)CCC2. The van der Waals surface area contributed by atoms with Gasteiger partial charge in [0, 0.05) is 40.8 Å². The number of fused-ring (bicyclic) bond motifs is 6. The number of nitrogens with one attached hydrogen (secondary N) is 1. The Hall–Kier alpha value is -2.23. The summed E-state index contributed by atoms with van der Waals surface area (Å²) in [5.74, 6) is 1.73. The first-order valence-electron chi connectivity index (χ1n) is 9.92. The van der Waals surface area contributed by atoms with Crippen molar-refractivity contribution >= 4 is 16.7 Å². The molecule has 0 saturated heterocycles. The molecule has 0 bridgehead atoms. The van der Waals surface area contributed by atoms with E-state index in [0.717, 1.165) is 56.4 Å². The molecular weight excluding hydrogens is 324 g/mol. The van der Waals surface area contributed by atoms with E-state index in [2.05, 4.69) is 28.9 Å². The van der Waals surface area contributed by atoms with Crippen molar-refractivity contribution in [1.29, 1.82) is 0 Å². The van der Waals surface area contributed by atoms with Crippen LogP contribution in [0.2, 0.25) is 0 Å². The summed E-state index contributed by atoms with van der Waals surface area (Å²) >= 11 is 0. The molecule has 5 rings (SSSR count). The summed E-state index contributed by atoms with van der Waals surface area (Å²) in [6, 6.07) is 6.70. The Morgan fingerprint density at radius 1 is 1.27 bits per heavy atom. The molecule has 26 heavy (non-hydrogen) atoms. The first-order chi connectivity index (χ1) is 12.7. The van der Waals surface area contributed by atoms with Crippen molar-refractivity contribution in [2.24, 2.45) is 5.92 Å². The van der Waals surface area contributed by atoms with Crippen LogP contribution < -0.4 is 4.74 Å². The van der Waals surface area contributed by atoms with Crippen LogP contribution in [0.1, 0.15) is 56.3 Å². The molecule has 3 heterocycles. The number of hydrogen-bond donors (Lipinski definition) is 1. The third kappa shape index (κ3) is 2.17. The Labute approximate surface area is 154 Å². The minimum absolute atomic E-state index is 0.381. The van der Waals surface area contributed by atoms with Crippen molar-refractivity contribution in [2.45, 2.75) is 51.5 Å². The molecule has 0 fully saturated rings. The van der Waals surface area contributed by atoms with Crippen LogP contribution in [0.5, 0.6) is 5.75 Å². The zero-order valence-corrected chi connectivity index (χ0v) is 15.6. The molecule has 4 nitrogen and oxygen atoms in total. The van der Waals surface area contributed by atoms with Crippen molar-refractivity contribution in [3.05, 3.63) is 40.7 Å². The summed E-state index contributed by atoms with van der Waals surface area (Å²) in [6.07, 6.45) is 5.95. The van der Waals surface area contributed by atoms with Crippen LogP contribution in [0.15, 0.2) is 29.5 Å². The minimum atomic E-state index is 0.381. The highest BCUT2D eigenvalue weighted by Gasteiger charge is 2.41. The summed E-state index contributed by atoms with van der Waals surface area (Å²) in [6.45, 7) is 3.25. The van der Waals surface area contributed by atoms with E-state index in [9.17, 15) is 4.79 Å². The first kappa shape index (κ1) is 16.0. The number of carbonyl (C=O) groups is 1. The van der Waals surface area contributed by atoms with E-state index in [4.69, 9.17) is 4.74 Å². The number of rotatable bonds is 2. The second-order valence-electron chi connectivity index (χ2n) is 7.87. The van der Waals surface area contributed by atoms with Gasteiger partial charge in [-0.05, 0) is 61.8 Å². The van der Waals surface area contributed by atoms with Gasteiger partial charge < -0.3 is 14.6 Å². The topological polar surface area (TPSA) is 45.3 Å². The van der Waals surface area contributed by atoms with Gasteiger partial charge in [-0.25, -0.2) is 0 Å². The lowest BCUT2D eigenvalue weighted by molar-refractivity contribution is -0.117. The zero-order chi connectivity index (χ0) is 17.8. The fourth-order valence-electron chi connectivity index (χ4n) is 5.41. The number of benzene rings is 1. The Morgan fingerprint density at radius 3 is 2.96 bits per heavy atom. The second-order valence-corrected chi connectivity index (χ2v) is 7.87. The normalized spacial score (nSPS) is 25.2. The van der Waals surface area contributed by atoms with Crippen molar-refractivity contribution in [3.8, 4) is 5.75 Å². The third-order valence-electron chi connectivity index (χ3n) is 6.64. The highest BCUT2D eigenvalue weighted by Crippen LogP contribution is 2.48. The number of nitrogens with zero attached hydrogens (tertiary/aromatic N) is 1. The standard InChI is InChI=1S/C22H26N2O2/c1-3-13-11-19-22-15(16-12-14(26-2)7-8-17(16)23-22)9-10-24(19)18-5-4-6-20(25)21(13)18/h7-8,12-13,19,23H,3-6,9-11H2,1-2H3/t13-,19+/m1/s1. The minimum Gasteiger partial charge on any atom is -0.497 e. The molecule has 0 radical (unpaired) electrons. The molecular formula is C22H26N2O2. The van der Waals surface area contributed by atoms with Gasteiger partial charge in [-0.15, -0.1) is 0 Å². The molecule has 2 aliphatic heterocycles. The molecule has 1 aromatic heterocycles. The number of aromatic nitrogens is 1. The van der Waals surface area contributed by atoms with E-state index in [-0.39, 0.29) is 0 Å². The maximum atomic E-state index is 12.6. The van der Waals surface area contributed by atoms with E-state index >= 15 is 0 Å². The highest BCUT2D eigenvalue weighted by molar-refractivity contribution is 5.97. The van der Waals surface area contributed by atoms with Gasteiger partial charge in [-0.3, -0.25) is 4.79 Å². The molecule has 3 aliphatic rings. The third-order valence-corrected chi connectivity index (χ3v) is 6.64. The van der Waals surface area contributed by atoms with E-state index in [1.807, 2.05) is 6.07 Å². The number of H-pyrrole nitrogens is 1. The predicted molar refractivity (Wildman–Crippen MR) is 102 cm³/mol. The fourth-order valence-corrected chi connectivity index (χ4v) is 5.41. The van der Waals surface area contributed by atoms with Gasteiger partial charge in [0.25, 0.3) is 0 Å². The summed E-state index contributed by atoms with van der Waals surface area (Å²) in [5.41, 5.74) is 6.52. The molecule has 0 unspecified atom stereocenters. The van der Waals surface area contributed by atoms with Crippen LogP contribution in [-0.2, 0) is 11.2 Å². The average molecular weight is 350 g/mol.